The van der Waals surface area contributed by atoms with Gasteiger partial charge in [-0.15, -0.1) is 21.5 Å². The first-order valence-corrected chi connectivity index (χ1v) is 10.9. The first kappa shape index (κ1) is 21.5. The van der Waals surface area contributed by atoms with E-state index in [-0.39, 0.29) is 41.5 Å². The molecule has 1 aliphatic heterocycles. The number of thiazole rings is 1. The van der Waals surface area contributed by atoms with Gasteiger partial charge < -0.3 is 15.4 Å². The molecule has 1 aliphatic rings. The van der Waals surface area contributed by atoms with E-state index in [1.807, 2.05) is 0 Å². The highest BCUT2D eigenvalue weighted by Gasteiger charge is 2.23. The third kappa shape index (κ3) is 4.81. The van der Waals surface area contributed by atoms with E-state index >= 15 is 0 Å². The van der Waals surface area contributed by atoms with E-state index in [1.54, 1.807) is 10.4 Å². The van der Waals surface area contributed by atoms with Crippen LogP contribution in [0.25, 0.3) is 0 Å². The molecule has 0 saturated heterocycles. The molecule has 0 saturated carbocycles. The van der Waals surface area contributed by atoms with Gasteiger partial charge in [0.2, 0.25) is 0 Å². The molecule has 31 heavy (non-hydrogen) atoms. The Bertz CT molecular complexity index is 1130. The standard InChI is InChI=1S/C19H17Cl2FN6O2S/c20-11-1-2-12(22)17(21)10(11)4-6-30-14-7-16(26-27-18(14)23)25-19(29)28-5-3-13-15(8-28)31-9-24-13/h1-2,7,9H,3-6,8H2,(H2,23,27)(H,25,26,29). The summed E-state index contributed by atoms with van der Waals surface area (Å²) in [6.45, 7) is 1.17. The second kappa shape index (κ2) is 9.21. The molecule has 0 atom stereocenters. The summed E-state index contributed by atoms with van der Waals surface area (Å²) >= 11 is 13.6. The van der Waals surface area contributed by atoms with Gasteiger partial charge in [0.15, 0.2) is 17.4 Å². The van der Waals surface area contributed by atoms with Crippen molar-refractivity contribution in [2.24, 2.45) is 0 Å². The van der Waals surface area contributed by atoms with Gasteiger partial charge >= 0.3 is 6.03 Å². The average Bonchev–Trinajstić information content (AvgIpc) is 3.23. The normalized spacial score (nSPS) is 13.1. The topological polar surface area (TPSA) is 106 Å². The third-order valence-corrected chi connectivity index (χ3v) is 6.36. The zero-order valence-corrected chi connectivity index (χ0v) is 18.4. The Labute approximate surface area is 191 Å². The molecule has 4 rings (SSSR count). The smallest absolute Gasteiger partial charge is 0.323 e. The Hall–Kier alpha value is -2.69. The zero-order chi connectivity index (χ0) is 22.0. The SMILES string of the molecule is Nc1nnc(NC(=O)N2CCc3ncsc3C2)cc1OCCc1c(Cl)ccc(F)c1Cl. The molecule has 0 unspecified atom stereocenters. The molecule has 0 radical (unpaired) electrons. The van der Waals surface area contributed by atoms with Gasteiger partial charge in [0.05, 0.1) is 29.4 Å². The minimum Gasteiger partial charge on any atom is -0.489 e. The van der Waals surface area contributed by atoms with Crippen LogP contribution in [0, 0.1) is 5.82 Å². The maximum absolute atomic E-state index is 13.6. The molecule has 3 aromatic rings. The van der Waals surface area contributed by atoms with E-state index in [4.69, 9.17) is 33.7 Å². The summed E-state index contributed by atoms with van der Waals surface area (Å²) in [7, 11) is 0. The molecule has 0 spiro atoms. The van der Waals surface area contributed by atoms with E-state index in [0.717, 1.165) is 10.6 Å². The number of nitrogen functional groups attached to an aromatic ring is 1. The van der Waals surface area contributed by atoms with E-state index in [0.29, 0.717) is 30.1 Å². The molecule has 0 aliphatic carbocycles. The molecular weight excluding hydrogens is 466 g/mol. The molecule has 2 amide bonds. The van der Waals surface area contributed by atoms with Gasteiger partial charge in [0, 0.05) is 35.4 Å². The molecule has 3 N–H and O–H groups in total. The van der Waals surface area contributed by atoms with Crippen molar-refractivity contribution in [2.45, 2.75) is 19.4 Å². The van der Waals surface area contributed by atoms with Crippen LogP contribution in [0.4, 0.5) is 20.8 Å². The van der Waals surface area contributed by atoms with Crippen LogP contribution >= 0.6 is 34.5 Å². The van der Waals surface area contributed by atoms with Crippen LogP contribution in [0.5, 0.6) is 5.75 Å². The quantitative estimate of drug-likeness (QED) is 0.528. The third-order valence-electron chi connectivity index (χ3n) is 4.73. The summed E-state index contributed by atoms with van der Waals surface area (Å²) in [5.74, 6) is -0.0653. The van der Waals surface area contributed by atoms with Crippen molar-refractivity contribution in [3.05, 3.63) is 55.7 Å². The van der Waals surface area contributed by atoms with Gasteiger partial charge in [-0.1, -0.05) is 23.2 Å². The summed E-state index contributed by atoms with van der Waals surface area (Å²) in [6.07, 6.45) is 0.961. The highest BCUT2D eigenvalue weighted by Crippen LogP contribution is 2.29. The fourth-order valence-electron chi connectivity index (χ4n) is 3.10. The van der Waals surface area contributed by atoms with Crippen LogP contribution in [0.15, 0.2) is 23.7 Å². The molecule has 8 nitrogen and oxygen atoms in total. The number of rotatable bonds is 5. The van der Waals surface area contributed by atoms with Crippen LogP contribution in [0.1, 0.15) is 16.1 Å². The number of nitrogens with two attached hydrogens (primary N) is 1. The lowest BCUT2D eigenvalue weighted by Crippen LogP contribution is -2.38. The minimum absolute atomic E-state index is 0.0458. The van der Waals surface area contributed by atoms with Crippen molar-refractivity contribution >= 4 is 52.2 Å². The molecule has 12 heteroatoms. The van der Waals surface area contributed by atoms with Crippen LogP contribution in [-0.4, -0.2) is 39.3 Å². The van der Waals surface area contributed by atoms with Crippen molar-refractivity contribution in [1.29, 1.82) is 0 Å². The number of hydrogen-bond acceptors (Lipinski definition) is 7. The number of carbonyl (C=O) groups excluding carboxylic acids is 1. The first-order valence-electron chi connectivity index (χ1n) is 9.28. The summed E-state index contributed by atoms with van der Waals surface area (Å²) in [6, 6.07) is 3.82. The minimum atomic E-state index is -0.556. The Morgan fingerprint density at radius 1 is 1.35 bits per heavy atom. The number of halogens is 3. The average molecular weight is 483 g/mol. The zero-order valence-electron chi connectivity index (χ0n) is 16.1. The van der Waals surface area contributed by atoms with Crippen LogP contribution in [0.2, 0.25) is 10.0 Å². The number of nitrogens with one attached hydrogen (secondary N) is 1. The van der Waals surface area contributed by atoms with E-state index in [1.165, 1.54) is 29.5 Å². The largest absolute Gasteiger partial charge is 0.489 e. The number of aromatic nitrogens is 3. The van der Waals surface area contributed by atoms with Gasteiger partial charge in [-0.3, -0.25) is 5.32 Å². The number of anilines is 2. The van der Waals surface area contributed by atoms with Crippen molar-refractivity contribution in [3.8, 4) is 5.75 Å². The number of ether oxygens (including phenoxy) is 1. The molecule has 3 heterocycles. The Balaban J connectivity index is 1.38. The maximum Gasteiger partial charge on any atom is 0.323 e. The summed E-state index contributed by atoms with van der Waals surface area (Å²) < 4.78 is 19.3. The van der Waals surface area contributed by atoms with Crippen molar-refractivity contribution in [3.63, 3.8) is 0 Å². The molecule has 0 bridgehead atoms. The molecule has 162 valence electrons. The lowest BCUT2D eigenvalue weighted by atomic mass is 10.1. The van der Waals surface area contributed by atoms with Gasteiger partial charge in [0.25, 0.3) is 0 Å². The van der Waals surface area contributed by atoms with Crippen LogP contribution in [0.3, 0.4) is 0 Å². The summed E-state index contributed by atoms with van der Waals surface area (Å²) in [5.41, 5.74) is 9.08. The summed E-state index contributed by atoms with van der Waals surface area (Å²) in [4.78, 5) is 19.6. The highest BCUT2D eigenvalue weighted by atomic mass is 35.5. The van der Waals surface area contributed by atoms with Gasteiger partial charge in [-0.25, -0.2) is 14.2 Å². The second-order valence-electron chi connectivity index (χ2n) is 6.72. The van der Waals surface area contributed by atoms with Gasteiger partial charge in [0.1, 0.15) is 5.82 Å². The van der Waals surface area contributed by atoms with Crippen LogP contribution < -0.4 is 15.8 Å². The highest BCUT2D eigenvalue weighted by molar-refractivity contribution is 7.09. The number of hydrogen-bond donors (Lipinski definition) is 2. The fraction of sp³-hybridized carbons (Fsp3) is 0.263. The van der Waals surface area contributed by atoms with Crippen LogP contribution in [-0.2, 0) is 19.4 Å². The van der Waals surface area contributed by atoms with Crippen molar-refractivity contribution in [2.75, 3.05) is 24.2 Å². The number of benzene rings is 1. The molecule has 0 fully saturated rings. The number of amides is 2. The Kier molecular flexibility index (Phi) is 6.40. The van der Waals surface area contributed by atoms with E-state index < -0.39 is 5.82 Å². The Morgan fingerprint density at radius 3 is 3.03 bits per heavy atom. The van der Waals surface area contributed by atoms with E-state index in [2.05, 4.69) is 20.5 Å². The molecule has 2 aromatic heterocycles. The number of carbonyl (C=O) groups is 1. The maximum atomic E-state index is 13.6. The van der Waals surface area contributed by atoms with Crippen molar-refractivity contribution in [1.82, 2.24) is 20.1 Å². The molecule has 1 aromatic carbocycles. The fourth-order valence-corrected chi connectivity index (χ4v) is 4.49. The first-order chi connectivity index (χ1) is 14.9. The predicted octanol–water partition coefficient (Wildman–Crippen LogP) is 4.17. The van der Waals surface area contributed by atoms with Gasteiger partial charge in [-0.2, -0.15) is 0 Å². The molecular formula is C19H17Cl2FN6O2S. The number of fused-ring (bicyclic) bond motifs is 1. The monoisotopic (exact) mass is 482 g/mol. The number of nitrogens with zero attached hydrogens (tertiary/aromatic N) is 4. The second-order valence-corrected chi connectivity index (χ2v) is 8.45. The lowest BCUT2D eigenvalue weighted by molar-refractivity contribution is 0.206. The van der Waals surface area contributed by atoms with E-state index in [9.17, 15) is 9.18 Å². The Morgan fingerprint density at radius 2 is 2.19 bits per heavy atom. The van der Waals surface area contributed by atoms with Gasteiger partial charge in [-0.05, 0) is 17.7 Å². The summed E-state index contributed by atoms with van der Waals surface area (Å²) in [5, 5.41) is 10.7. The van der Waals surface area contributed by atoms with Crippen molar-refractivity contribution < 1.29 is 13.9 Å². The predicted molar refractivity (Wildman–Crippen MR) is 117 cm³/mol. The lowest BCUT2D eigenvalue weighted by Gasteiger charge is -2.26. The number of urea groups is 1.